The maximum absolute atomic E-state index is 11.2. The van der Waals surface area contributed by atoms with Crippen LogP contribution < -0.4 is 5.73 Å². The molecule has 7 heteroatoms. The fourth-order valence-electron chi connectivity index (χ4n) is 2.79. The lowest BCUT2D eigenvalue weighted by Crippen LogP contribution is -2.11. The van der Waals surface area contributed by atoms with Gasteiger partial charge in [-0.3, -0.25) is 9.36 Å². The van der Waals surface area contributed by atoms with Crippen molar-refractivity contribution in [3.05, 3.63) is 65.6 Å². The number of carbonyl (C=O) groups is 1. The lowest BCUT2D eigenvalue weighted by atomic mass is 10.1. The lowest BCUT2D eigenvalue weighted by Gasteiger charge is -2.00. The van der Waals surface area contributed by atoms with Crippen LogP contribution in [0.1, 0.15) is 12.2 Å². The number of aromatic nitrogens is 3. The number of hydrogen-bond donors (Lipinski definition) is 1. The fourth-order valence-corrected chi connectivity index (χ4v) is 2.92. The molecule has 2 N–H and O–H groups in total. The first-order valence-corrected chi connectivity index (χ1v) is 8.46. The Labute approximate surface area is 154 Å². The standard InChI is InChI=1S/C19H15ClN4O2/c20-13-7-5-12(6-8-13)18-16(9-10-17(21)25)26-19(23-18)24-11-22-14-3-1-2-4-15(14)24/h1-8,11H,9-10H2,(H2,21,25). The molecule has 0 aliphatic heterocycles. The number of benzene rings is 2. The number of oxazole rings is 1. The van der Waals surface area contributed by atoms with Crippen molar-refractivity contribution in [3.63, 3.8) is 0 Å². The summed E-state index contributed by atoms with van der Waals surface area (Å²) in [5.41, 5.74) is 8.54. The normalized spacial score (nSPS) is 11.1. The molecule has 0 aliphatic carbocycles. The quantitative estimate of drug-likeness (QED) is 0.582. The van der Waals surface area contributed by atoms with Crippen LogP contribution in [0.2, 0.25) is 5.02 Å². The van der Waals surface area contributed by atoms with E-state index in [1.54, 1.807) is 23.0 Å². The number of nitrogens with zero attached hydrogens (tertiary/aromatic N) is 3. The SMILES string of the molecule is NC(=O)CCc1oc(-n2cnc3ccccc32)nc1-c1ccc(Cl)cc1. The van der Waals surface area contributed by atoms with Gasteiger partial charge in [-0.2, -0.15) is 4.98 Å². The Morgan fingerprint density at radius 1 is 1.15 bits per heavy atom. The molecule has 0 saturated carbocycles. The molecule has 0 bridgehead atoms. The van der Waals surface area contributed by atoms with E-state index in [1.165, 1.54) is 0 Å². The highest BCUT2D eigenvalue weighted by Crippen LogP contribution is 2.29. The van der Waals surface area contributed by atoms with Crippen molar-refractivity contribution >= 4 is 28.5 Å². The number of carbonyl (C=O) groups excluding carboxylic acids is 1. The molecule has 0 fully saturated rings. The first-order valence-electron chi connectivity index (χ1n) is 8.08. The largest absolute Gasteiger partial charge is 0.427 e. The number of hydrogen-bond acceptors (Lipinski definition) is 4. The maximum Gasteiger partial charge on any atom is 0.308 e. The van der Waals surface area contributed by atoms with E-state index in [0.29, 0.717) is 28.9 Å². The second-order valence-electron chi connectivity index (χ2n) is 5.84. The number of para-hydroxylation sites is 2. The highest BCUT2D eigenvalue weighted by atomic mass is 35.5. The molecule has 0 radical (unpaired) electrons. The minimum absolute atomic E-state index is 0.180. The zero-order valence-corrected chi connectivity index (χ0v) is 14.5. The van der Waals surface area contributed by atoms with Gasteiger partial charge in [0, 0.05) is 23.4 Å². The first-order chi connectivity index (χ1) is 12.6. The highest BCUT2D eigenvalue weighted by Gasteiger charge is 2.18. The van der Waals surface area contributed by atoms with E-state index in [2.05, 4.69) is 9.97 Å². The molecule has 2 aromatic carbocycles. The highest BCUT2D eigenvalue weighted by molar-refractivity contribution is 6.30. The van der Waals surface area contributed by atoms with E-state index in [1.807, 2.05) is 36.4 Å². The molecule has 0 aliphatic rings. The van der Waals surface area contributed by atoms with Gasteiger partial charge in [-0.25, -0.2) is 4.98 Å². The summed E-state index contributed by atoms with van der Waals surface area (Å²) in [5.74, 6) is 0.206. The topological polar surface area (TPSA) is 86.9 Å². The van der Waals surface area contributed by atoms with Gasteiger partial charge in [0.15, 0.2) is 0 Å². The number of primary amides is 1. The number of amides is 1. The molecule has 0 unspecified atom stereocenters. The molecule has 6 nitrogen and oxygen atoms in total. The maximum atomic E-state index is 11.2. The van der Waals surface area contributed by atoms with E-state index in [9.17, 15) is 4.79 Å². The van der Waals surface area contributed by atoms with Gasteiger partial charge in [0.05, 0.1) is 11.0 Å². The summed E-state index contributed by atoms with van der Waals surface area (Å²) >= 11 is 5.98. The smallest absolute Gasteiger partial charge is 0.308 e. The van der Waals surface area contributed by atoms with E-state index in [4.69, 9.17) is 21.8 Å². The first kappa shape index (κ1) is 16.4. The van der Waals surface area contributed by atoms with Crippen LogP contribution in [0.3, 0.4) is 0 Å². The van der Waals surface area contributed by atoms with Crippen LogP contribution in [0.4, 0.5) is 0 Å². The zero-order valence-electron chi connectivity index (χ0n) is 13.7. The average Bonchev–Trinajstić information content (AvgIpc) is 3.24. The van der Waals surface area contributed by atoms with Crippen LogP contribution >= 0.6 is 11.6 Å². The van der Waals surface area contributed by atoms with Crippen molar-refractivity contribution in [1.29, 1.82) is 0 Å². The van der Waals surface area contributed by atoms with Gasteiger partial charge in [-0.1, -0.05) is 35.9 Å². The minimum Gasteiger partial charge on any atom is -0.427 e. The van der Waals surface area contributed by atoms with Crippen LogP contribution in [-0.2, 0) is 11.2 Å². The van der Waals surface area contributed by atoms with E-state index < -0.39 is 5.91 Å². The summed E-state index contributed by atoms with van der Waals surface area (Å²) in [6.45, 7) is 0. The van der Waals surface area contributed by atoms with Crippen molar-refractivity contribution in [3.8, 4) is 17.3 Å². The number of imidazole rings is 1. The van der Waals surface area contributed by atoms with Crippen molar-refractivity contribution < 1.29 is 9.21 Å². The predicted molar refractivity (Wildman–Crippen MR) is 99.1 cm³/mol. The van der Waals surface area contributed by atoms with Gasteiger partial charge in [-0.15, -0.1) is 0 Å². The Balaban J connectivity index is 1.82. The summed E-state index contributed by atoms with van der Waals surface area (Å²) in [4.78, 5) is 20.2. The summed E-state index contributed by atoms with van der Waals surface area (Å²) < 4.78 is 7.75. The van der Waals surface area contributed by atoms with Gasteiger partial charge in [-0.05, 0) is 24.3 Å². The van der Waals surface area contributed by atoms with Gasteiger partial charge in [0.2, 0.25) is 5.91 Å². The second-order valence-corrected chi connectivity index (χ2v) is 6.28. The summed E-state index contributed by atoms with van der Waals surface area (Å²) in [6, 6.07) is 15.4. The number of fused-ring (bicyclic) bond motifs is 1. The molecule has 2 aromatic heterocycles. The summed E-state index contributed by atoms with van der Waals surface area (Å²) in [5, 5.41) is 0.636. The molecule has 0 atom stereocenters. The Kier molecular flexibility index (Phi) is 4.18. The average molecular weight is 367 g/mol. The van der Waals surface area contributed by atoms with Crippen molar-refractivity contribution in [1.82, 2.24) is 14.5 Å². The number of nitrogens with two attached hydrogens (primary N) is 1. The van der Waals surface area contributed by atoms with Gasteiger partial charge in [0.1, 0.15) is 17.8 Å². The Morgan fingerprint density at radius 3 is 2.69 bits per heavy atom. The lowest BCUT2D eigenvalue weighted by molar-refractivity contribution is -0.118. The van der Waals surface area contributed by atoms with Crippen LogP contribution in [0.25, 0.3) is 28.3 Å². The Hall–Kier alpha value is -3.12. The number of halogens is 1. The third-order valence-corrected chi connectivity index (χ3v) is 4.31. The van der Waals surface area contributed by atoms with Gasteiger partial charge in [0.25, 0.3) is 0 Å². The predicted octanol–water partition coefficient (Wildman–Crippen LogP) is 3.75. The van der Waals surface area contributed by atoms with Crippen LogP contribution in [0, 0.1) is 0 Å². The van der Waals surface area contributed by atoms with Crippen LogP contribution in [0.15, 0.2) is 59.3 Å². The molecular weight excluding hydrogens is 352 g/mol. The molecule has 2 heterocycles. The summed E-state index contributed by atoms with van der Waals surface area (Å²) in [6.07, 6.45) is 2.22. The molecule has 4 aromatic rings. The van der Waals surface area contributed by atoms with Crippen molar-refractivity contribution in [2.45, 2.75) is 12.8 Å². The van der Waals surface area contributed by atoms with Crippen molar-refractivity contribution in [2.75, 3.05) is 0 Å². The molecule has 0 saturated heterocycles. The number of rotatable bonds is 5. The molecule has 4 rings (SSSR count). The van der Waals surface area contributed by atoms with Crippen molar-refractivity contribution in [2.24, 2.45) is 5.73 Å². The van der Waals surface area contributed by atoms with E-state index in [-0.39, 0.29) is 6.42 Å². The third-order valence-electron chi connectivity index (χ3n) is 4.06. The molecule has 1 amide bonds. The summed E-state index contributed by atoms with van der Waals surface area (Å²) in [7, 11) is 0. The van der Waals surface area contributed by atoms with Gasteiger partial charge < -0.3 is 10.2 Å². The van der Waals surface area contributed by atoms with Crippen LogP contribution in [-0.4, -0.2) is 20.4 Å². The molecule has 0 spiro atoms. The van der Waals surface area contributed by atoms with Gasteiger partial charge >= 0.3 is 6.01 Å². The molecular formula is C19H15ClN4O2. The second kappa shape index (κ2) is 6.65. The Bertz CT molecular complexity index is 1080. The fraction of sp³-hybridized carbons (Fsp3) is 0.105. The Morgan fingerprint density at radius 2 is 1.92 bits per heavy atom. The monoisotopic (exact) mass is 366 g/mol. The molecule has 26 heavy (non-hydrogen) atoms. The number of aryl methyl sites for hydroxylation is 1. The van der Waals surface area contributed by atoms with E-state index in [0.717, 1.165) is 16.6 Å². The minimum atomic E-state index is -0.391. The zero-order chi connectivity index (χ0) is 18.1. The third kappa shape index (κ3) is 3.07. The van der Waals surface area contributed by atoms with E-state index >= 15 is 0 Å². The van der Waals surface area contributed by atoms with Crippen LogP contribution in [0.5, 0.6) is 0 Å². The molecule has 130 valence electrons.